The molecule has 0 spiro atoms. The molecule has 0 amide bonds. The Hall–Kier alpha value is -2.83. The molecular formula is C23H21ClN2O3S. The molecule has 0 aliphatic carbocycles. The van der Waals surface area contributed by atoms with Gasteiger partial charge in [-0.05, 0) is 34.9 Å². The summed E-state index contributed by atoms with van der Waals surface area (Å²) in [6.45, 7) is 4.25. The molecule has 4 aromatic rings. The molecule has 1 unspecified atom stereocenters. The van der Waals surface area contributed by atoms with E-state index in [0.717, 1.165) is 10.8 Å². The van der Waals surface area contributed by atoms with Gasteiger partial charge in [0.25, 0.3) is 0 Å². The largest absolute Gasteiger partial charge is 0.491 e. The van der Waals surface area contributed by atoms with Crippen LogP contribution in [-0.2, 0) is 9.84 Å². The quantitative estimate of drug-likeness (QED) is 0.225. The van der Waals surface area contributed by atoms with Crippen LogP contribution in [0.3, 0.4) is 0 Å². The molecule has 1 aromatic heterocycles. The number of hydrogen-bond acceptors (Lipinski definition) is 4. The van der Waals surface area contributed by atoms with Gasteiger partial charge >= 0.3 is 0 Å². The number of ether oxygens (including phenoxy) is 1. The second kappa shape index (κ2) is 8.50. The first kappa shape index (κ1) is 20.4. The average molecular weight is 441 g/mol. The number of sulfone groups is 1. The van der Waals surface area contributed by atoms with Crippen molar-refractivity contribution in [1.82, 2.24) is 10.2 Å². The average Bonchev–Trinajstić information content (AvgIpc) is 3.20. The van der Waals surface area contributed by atoms with E-state index in [4.69, 9.17) is 16.3 Å². The van der Waals surface area contributed by atoms with Gasteiger partial charge in [-0.15, -0.1) is 18.2 Å². The first-order chi connectivity index (χ1) is 14.6. The zero-order valence-corrected chi connectivity index (χ0v) is 17.8. The standard InChI is InChI=1S/C23H21ClN2O3S/c1-2-21(18-11-5-9-16-8-3-4-10-17(16)18)30(27,28)23-19-12-6-13-20(22(19)25-26-23)29-15-7-14-24/h2-6,8-13,21H,1,7,14-15H2,(H,25,26). The summed E-state index contributed by atoms with van der Waals surface area (Å²) in [7, 11) is -3.83. The number of benzene rings is 3. The van der Waals surface area contributed by atoms with E-state index in [1.807, 2.05) is 42.5 Å². The summed E-state index contributed by atoms with van der Waals surface area (Å²) in [5, 5.41) is 8.44. The van der Waals surface area contributed by atoms with Crippen molar-refractivity contribution in [3.63, 3.8) is 0 Å². The molecule has 0 aliphatic rings. The molecule has 1 heterocycles. The number of para-hydroxylation sites is 1. The Bertz CT molecular complexity index is 1310. The molecule has 0 radical (unpaired) electrons. The summed E-state index contributed by atoms with van der Waals surface area (Å²) >= 11 is 5.71. The molecule has 0 fully saturated rings. The molecule has 154 valence electrons. The maximum atomic E-state index is 13.7. The van der Waals surface area contributed by atoms with Gasteiger partial charge in [-0.3, -0.25) is 5.10 Å². The van der Waals surface area contributed by atoms with Crippen LogP contribution >= 0.6 is 11.6 Å². The summed E-state index contributed by atoms with van der Waals surface area (Å²) in [6, 6.07) is 18.6. The third-order valence-electron chi connectivity index (χ3n) is 5.01. The molecule has 0 bridgehead atoms. The van der Waals surface area contributed by atoms with E-state index in [-0.39, 0.29) is 5.03 Å². The fourth-order valence-electron chi connectivity index (χ4n) is 3.60. The lowest BCUT2D eigenvalue weighted by Crippen LogP contribution is -2.13. The zero-order valence-electron chi connectivity index (χ0n) is 16.2. The third kappa shape index (κ3) is 3.57. The normalized spacial score (nSPS) is 12.8. The fraction of sp³-hybridized carbons (Fsp3) is 0.174. The van der Waals surface area contributed by atoms with Gasteiger partial charge in [-0.25, -0.2) is 8.42 Å². The fourth-order valence-corrected chi connectivity index (χ4v) is 5.40. The lowest BCUT2D eigenvalue weighted by molar-refractivity contribution is 0.321. The Morgan fingerprint density at radius 2 is 1.80 bits per heavy atom. The van der Waals surface area contributed by atoms with Crippen LogP contribution in [0.15, 0.2) is 78.3 Å². The van der Waals surface area contributed by atoms with Crippen LogP contribution in [0.1, 0.15) is 17.2 Å². The van der Waals surface area contributed by atoms with E-state index in [9.17, 15) is 8.42 Å². The minimum atomic E-state index is -3.83. The molecule has 3 aromatic carbocycles. The maximum Gasteiger partial charge on any atom is 0.206 e. The Labute approximate surface area is 180 Å². The molecule has 30 heavy (non-hydrogen) atoms. The maximum absolute atomic E-state index is 13.7. The van der Waals surface area contributed by atoms with Gasteiger partial charge in [0, 0.05) is 11.3 Å². The van der Waals surface area contributed by atoms with Crippen molar-refractivity contribution in [2.45, 2.75) is 16.7 Å². The SMILES string of the molecule is C=CC(c1cccc2ccccc12)S(=O)(=O)c1[nH]nc2c(OCCCCl)cccc12. The predicted octanol–water partition coefficient (Wildman–Crippen LogP) is 5.42. The van der Waals surface area contributed by atoms with Gasteiger partial charge < -0.3 is 4.74 Å². The molecule has 1 N–H and O–H groups in total. The molecule has 4 rings (SSSR count). The minimum Gasteiger partial charge on any atom is -0.491 e. The van der Waals surface area contributed by atoms with Crippen LogP contribution in [0, 0.1) is 0 Å². The third-order valence-corrected chi connectivity index (χ3v) is 7.27. The lowest BCUT2D eigenvalue weighted by Gasteiger charge is -2.16. The minimum absolute atomic E-state index is 0.0538. The molecular weight excluding hydrogens is 420 g/mol. The van der Waals surface area contributed by atoms with Crippen LogP contribution in [0.4, 0.5) is 0 Å². The van der Waals surface area contributed by atoms with E-state index in [0.29, 0.717) is 41.1 Å². The first-order valence-electron chi connectivity index (χ1n) is 9.58. The van der Waals surface area contributed by atoms with E-state index in [1.165, 1.54) is 6.08 Å². The number of aromatic amines is 1. The van der Waals surface area contributed by atoms with Crippen molar-refractivity contribution < 1.29 is 13.2 Å². The van der Waals surface area contributed by atoms with E-state index in [1.54, 1.807) is 18.2 Å². The Morgan fingerprint density at radius 1 is 1.07 bits per heavy atom. The summed E-state index contributed by atoms with van der Waals surface area (Å²) in [5.74, 6) is 1.01. The van der Waals surface area contributed by atoms with Crippen LogP contribution in [-0.4, -0.2) is 31.1 Å². The monoisotopic (exact) mass is 440 g/mol. The summed E-state index contributed by atoms with van der Waals surface area (Å²) in [6.07, 6.45) is 2.15. The van der Waals surface area contributed by atoms with Crippen molar-refractivity contribution in [1.29, 1.82) is 0 Å². The highest BCUT2D eigenvalue weighted by molar-refractivity contribution is 7.92. The van der Waals surface area contributed by atoms with Crippen LogP contribution in [0.25, 0.3) is 21.7 Å². The summed E-state index contributed by atoms with van der Waals surface area (Å²) in [5.41, 5.74) is 1.16. The second-order valence-electron chi connectivity index (χ2n) is 6.87. The van der Waals surface area contributed by atoms with E-state index in [2.05, 4.69) is 16.8 Å². The van der Waals surface area contributed by atoms with Gasteiger partial charge in [0.1, 0.15) is 16.5 Å². The van der Waals surface area contributed by atoms with Crippen LogP contribution < -0.4 is 4.74 Å². The molecule has 7 heteroatoms. The van der Waals surface area contributed by atoms with Crippen LogP contribution in [0.2, 0.25) is 0 Å². The topological polar surface area (TPSA) is 72.0 Å². The Balaban J connectivity index is 1.81. The first-order valence-corrected chi connectivity index (χ1v) is 11.7. The second-order valence-corrected chi connectivity index (χ2v) is 9.25. The van der Waals surface area contributed by atoms with Gasteiger partial charge in [0.2, 0.25) is 9.84 Å². The highest BCUT2D eigenvalue weighted by Gasteiger charge is 2.31. The molecule has 5 nitrogen and oxygen atoms in total. The summed E-state index contributed by atoms with van der Waals surface area (Å²) in [4.78, 5) is 0. The molecule has 0 saturated carbocycles. The number of aromatic nitrogens is 2. The van der Waals surface area contributed by atoms with Gasteiger partial charge in [0.15, 0.2) is 5.03 Å². The summed E-state index contributed by atoms with van der Waals surface area (Å²) < 4.78 is 33.0. The number of nitrogens with zero attached hydrogens (tertiary/aromatic N) is 1. The molecule has 0 aliphatic heterocycles. The smallest absolute Gasteiger partial charge is 0.206 e. The van der Waals surface area contributed by atoms with Gasteiger partial charge in [0.05, 0.1) is 6.61 Å². The zero-order chi connectivity index (χ0) is 21.1. The number of rotatable bonds is 8. The van der Waals surface area contributed by atoms with Crippen molar-refractivity contribution in [2.24, 2.45) is 0 Å². The number of nitrogens with one attached hydrogen (secondary N) is 1. The molecule has 0 saturated heterocycles. The van der Waals surface area contributed by atoms with Crippen molar-refractivity contribution in [3.05, 3.63) is 78.9 Å². The number of H-pyrrole nitrogens is 1. The highest BCUT2D eigenvalue weighted by atomic mass is 35.5. The number of halogens is 1. The van der Waals surface area contributed by atoms with Gasteiger partial charge in [-0.1, -0.05) is 54.6 Å². The Morgan fingerprint density at radius 3 is 2.60 bits per heavy atom. The van der Waals surface area contributed by atoms with Gasteiger partial charge in [-0.2, -0.15) is 5.10 Å². The van der Waals surface area contributed by atoms with E-state index >= 15 is 0 Å². The lowest BCUT2D eigenvalue weighted by atomic mass is 10.0. The number of alkyl halides is 1. The number of fused-ring (bicyclic) bond motifs is 2. The Kier molecular flexibility index (Phi) is 5.79. The highest BCUT2D eigenvalue weighted by Crippen LogP contribution is 2.37. The van der Waals surface area contributed by atoms with Crippen LogP contribution in [0.5, 0.6) is 5.75 Å². The predicted molar refractivity (Wildman–Crippen MR) is 121 cm³/mol. The number of hydrogen-bond donors (Lipinski definition) is 1. The van der Waals surface area contributed by atoms with Crippen molar-refractivity contribution >= 4 is 43.1 Å². The van der Waals surface area contributed by atoms with E-state index < -0.39 is 15.1 Å². The van der Waals surface area contributed by atoms with Crippen molar-refractivity contribution in [2.75, 3.05) is 12.5 Å². The molecule has 1 atom stereocenters. The van der Waals surface area contributed by atoms with Crippen molar-refractivity contribution in [3.8, 4) is 5.75 Å².